The van der Waals surface area contributed by atoms with Crippen molar-refractivity contribution in [2.24, 2.45) is 22.7 Å². The number of rotatable bonds is 3. The van der Waals surface area contributed by atoms with Gasteiger partial charge in [0, 0.05) is 20.2 Å². The van der Waals surface area contributed by atoms with E-state index in [-0.39, 0.29) is 0 Å². The number of hydrogen-bond acceptors (Lipinski definition) is 3. The van der Waals surface area contributed by atoms with Crippen LogP contribution in [0.4, 0.5) is 0 Å². The van der Waals surface area contributed by atoms with Gasteiger partial charge in [-0.15, -0.1) is 0 Å². The number of methoxy groups -OCH3 is 1. The number of guanidine groups is 1. The zero-order valence-electron chi connectivity index (χ0n) is 10.6. The van der Waals surface area contributed by atoms with Gasteiger partial charge in [-0.2, -0.15) is 0 Å². The van der Waals surface area contributed by atoms with E-state index >= 15 is 0 Å². The molecule has 0 bridgehead atoms. The Balaban J connectivity index is 2.54. The third-order valence-corrected chi connectivity index (χ3v) is 2.85. The van der Waals surface area contributed by atoms with Gasteiger partial charge in [0.25, 0.3) is 0 Å². The van der Waals surface area contributed by atoms with E-state index < -0.39 is 0 Å². The van der Waals surface area contributed by atoms with Crippen molar-refractivity contribution in [2.75, 3.05) is 33.4 Å². The highest BCUT2D eigenvalue weighted by atomic mass is 16.5. The Labute approximate surface area is 98.0 Å². The van der Waals surface area contributed by atoms with Crippen molar-refractivity contribution in [3.63, 3.8) is 0 Å². The van der Waals surface area contributed by atoms with Crippen LogP contribution in [0.15, 0.2) is 4.99 Å². The van der Waals surface area contributed by atoms with Crippen molar-refractivity contribution in [1.82, 2.24) is 10.3 Å². The van der Waals surface area contributed by atoms with E-state index in [1.165, 1.54) is 6.42 Å². The van der Waals surface area contributed by atoms with Gasteiger partial charge in [-0.1, -0.05) is 13.8 Å². The van der Waals surface area contributed by atoms with Gasteiger partial charge in [-0.05, 0) is 18.3 Å². The summed E-state index contributed by atoms with van der Waals surface area (Å²) in [5.74, 6) is 7.70. The molecule has 0 radical (unpaired) electrons. The fourth-order valence-corrected chi connectivity index (χ4v) is 2.32. The van der Waals surface area contributed by atoms with Crippen molar-refractivity contribution in [1.29, 1.82) is 0 Å². The third kappa shape index (κ3) is 3.98. The first-order valence-corrected chi connectivity index (χ1v) is 5.92. The number of aliphatic imine (C=N–C) groups is 1. The Hall–Kier alpha value is -0.810. The molecule has 0 amide bonds. The smallest absolute Gasteiger partial charge is 0.208 e. The van der Waals surface area contributed by atoms with Gasteiger partial charge in [0.05, 0.1) is 13.2 Å². The summed E-state index contributed by atoms with van der Waals surface area (Å²) in [5.41, 5.74) is 2.69. The molecule has 1 fully saturated rings. The molecule has 0 aromatic rings. The first kappa shape index (κ1) is 13.3. The molecule has 0 aromatic carbocycles. The molecule has 16 heavy (non-hydrogen) atoms. The van der Waals surface area contributed by atoms with Crippen molar-refractivity contribution in [3.8, 4) is 0 Å². The van der Waals surface area contributed by atoms with Gasteiger partial charge < -0.3 is 9.64 Å². The Kier molecular flexibility index (Phi) is 5.55. The number of hydrogen-bond donors (Lipinski definition) is 2. The van der Waals surface area contributed by atoms with Crippen molar-refractivity contribution >= 4 is 5.96 Å². The molecule has 0 aromatic heterocycles. The minimum atomic E-state index is 0.629. The Morgan fingerprint density at radius 2 is 2.06 bits per heavy atom. The summed E-state index contributed by atoms with van der Waals surface area (Å²) < 4.78 is 4.97. The molecular formula is C11H24N4O. The first-order valence-electron chi connectivity index (χ1n) is 5.92. The van der Waals surface area contributed by atoms with Crippen LogP contribution >= 0.6 is 0 Å². The Bertz CT molecular complexity index is 222. The van der Waals surface area contributed by atoms with Gasteiger partial charge >= 0.3 is 0 Å². The summed E-state index contributed by atoms with van der Waals surface area (Å²) in [5, 5.41) is 0. The molecule has 2 unspecified atom stereocenters. The maximum absolute atomic E-state index is 5.51. The Morgan fingerprint density at radius 3 is 2.56 bits per heavy atom. The highest BCUT2D eigenvalue weighted by Gasteiger charge is 2.23. The summed E-state index contributed by atoms with van der Waals surface area (Å²) in [7, 11) is 1.68. The quantitative estimate of drug-likeness (QED) is 0.242. The number of piperidine rings is 1. The summed E-state index contributed by atoms with van der Waals surface area (Å²) in [4.78, 5) is 6.64. The average molecular weight is 228 g/mol. The van der Waals surface area contributed by atoms with Gasteiger partial charge in [0.2, 0.25) is 5.96 Å². The molecule has 1 aliphatic heterocycles. The number of hydrazine groups is 1. The third-order valence-electron chi connectivity index (χ3n) is 2.85. The second-order valence-electron chi connectivity index (χ2n) is 4.69. The van der Waals surface area contributed by atoms with Gasteiger partial charge in [0.1, 0.15) is 0 Å². The lowest BCUT2D eigenvalue weighted by atomic mass is 9.92. The van der Waals surface area contributed by atoms with Crippen LogP contribution in [0.25, 0.3) is 0 Å². The number of ether oxygens (including phenoxy) is 1. The summed E-state index contributed by atoms with van der Waals surface area (Å²) in [6, 6.07) is 0. The summed E-state index contributed by atoms with van der Waals surface area (Å²) >= 11 is 0. The van der Waals surface area contributed by atoms with Crippen LogP contribution in [0.5, 0.6) is 0 Å². The predicted molar refractivity (Wildman–Crippen MR) is 66.0 cm³/mol. The highest BCUT2D eigenvalue weighted by Crippen LogP contribution is 2.20. The second kappa shape index (κ2) is 6.70. The minimum absolute atomic E-state index is 0.629. The van der Waals surface area contributed by atoms with Crippen LogP contribution in [0, 0.1) is 11.8 Å². The molecule has 1 heterocycles. The van der Waals surface area contributed by atoms with E-state index in [9.17, 15) is 0 Å². The lowest BCUT2D eigenvalue weighted by Crippen LogP contribution is -2.50. The first-order chi connectivity index (χ1) is 7.67. The van der Waals surface area contributed by atoms with Gasteiger partial charge in [-0.25, -0.2) is 10.8 Å². The minimum Gasteiger partial charge on any atom is -0.383 e. The summed E-state index contributed by atoms with van der Waals surface area (Å²) in [6.07, 6.45) is 1.28. The standard InChI is InChI=1S/C11H24N4O/c1-9-6-10(2)8-15(7-9)11(14-12)13-4-5-16-3/h9-10H,4-8,12H2,1-3H3,(H,13,14). The normalized spacial score (nSPS) is 27.0. The lowest BCUT2D eigenvalue weighted by Gasteiger charge is -2.36. The molecule has 1 aliphatic rings. The van der Waals surface area contributed by atoms with E-state index in [2.05, 4.69) is 29.2 Å². The van der Waals surface area contributed by atoms with Crippen LogP contribution < -0.4 is 11.3 Å². The molecule has 3 N–H and O–H groups in total. The molecular weight excluding hydrogens is 204 g/mol. The number of nitrogens with zero attached hydrogens (tertiary/aromatic N) is 2. The highest BCUT2D eigenvalue weighted by molar-refractivity contribution is 5.79. The molecule has 5 heteroatoms. The number of nitrogens with one attached hydrogen (secondary N) is 1. The summed E-state index contributed by atoms with van der Waals surface area (Å²) in [6.45, 7) is 7.87. The molecule has 0 spiro atoms. The maximum atomic E-state index is 5.51. The van der Waals surface area contributed by atoms with Gasteiger partial charge in [0.15, 0.2) is 0 Å². The predicted octanol–water partition coefficient (Wildman–Crippen LogP) is 0.430. The lowest BCUT2D eigenvalue weighted by molar-refractivity contribution is 0.200. The van der Waals surface area contributed by atoms with E-state index in [1.807, 2.05) is 0 Å². The van der Waals surface area contributed by atoms with Gasteiger partial charge in [-0.3, -0.25) is 5.43 Å². The van der Waals surface area contributed by atoms with E-state index in [0.29, 0.717) is 25.0 Å². The SMILES string of the molecule is COCCN=C(NN)N1CC(C)CC(C)C1. The monoisotopic (exact) mass is 228 g/mol. The Morgan fingerprint density at radius 1 is 1.44 bits per heavy atom. The van der Waals surface area contributed by atoms with E-state index in [0.717, 1.165) is 19.0 Å². The molecule has 5 nitrogen and oxygen atoms in total. The zero-order chi connectivity index (χ0) is 12.0. The van der Waals surface area contributed by atoms with Crippen molar-refractivity contribution in [2.45, 2.75) is 20.3 Å². The fraction of sp³-hybridized carbons (Fsp3) is 0.909. The largest absolute Gasteiger partial charge is 0.383 e. The molecule has 1 saturated heterocycles. The van der Waals surface area contributed by atoms with Crippen LogP contribution in [-0.2, 0) is 4.74 Å². The van der Waals surface area contributed by atoms with Crippen LogP contribution in [0.2, 0.25) is 0 Å². The van der Waals surface area contributed by atoms with Crippen LogP contribution in [-0.4, -0.2) is 44.2 Å². The average Bonchev–Trinajstić information content (AvgIpc) is 2.23. The topological polar surface area (TPSA) is 62.9 Å². The molecule has 2 atom stereocenters. The number of nitrogens with two attached hydrogens (primary N) is 1. The second-order valence-corrected chi connectivity index (χ2v) is 4.69. The zero-order valence-corrected chi connectivity index (χ0v) is 10.6. The van der Waals surface area contributed by atoms with Crippen molar-refractivity contribution in [3.05, 3.63) is 0 Å². The molecule has 0 aliphatic carbocycles. The van der Waals surface area contributed by atoms with Crippen molar-refractivity contribution < 1.29 is 4.74 Å². The van der Waals surface area contributed by atoms with E-state index in [1.54, 1.807) is 7.11 Å². The molecule has 0 saturated carbocycles. The van der Waals surface area contributed by atoms with Crippen LogP contribution in [0.3, 0.4) is 0 Å². The van der Waals surface area contributed by atoms with E-state index in [4.69, 9.17) is 10.6 Å². The maximum Gasteiger partial charge on any atom is 0.208 e. The molecule has 1 rings (SSSR count). The number of likely N-dealkylation sites (tertiary alicyclic amines) is 1. The molecule has 94 valence electrons. The van der Waals surface area contributed by atoms with Crippen LogP contribution in [0.1, 0.15) is 20.3 Å². The fourth-order valence-electron chi connectivity index (χ4n) is 2.32.